The number of hydrogen-bond donors (Lipinski definition) is 0. The third-order valence-corrected chi connectivity index (χ3v) is 7.58. The van der Waals surface area contributed by atoms with Crippen LogP contribution in [-0.4, -0.2) is 29.6 Å². The predicted molar refractivity (Wildman–Crippen MR) is 157 cm³/mol. The normalized spacial score (nSPS) is 15.8. The van der Waals surface area contributed by atoms with E-state index < -0.39 is 0 Å². The van der Waals surface area contributed by atoms with Gasteiger partial charge in [0.15, 0.2) is 16.7 Å². The summed E-state index contributed by atoms with van der Waals surface area (Å²) >= 11 is 17.2. The third-order valence-electron chi connectivity index (χ3n) is 5.37. The Morgan fingerprint density at radius 3 is 2.51 bits per heavy atom. The highest BCUT2D eigenvalue weighted by Crippen LogP contribution is 2.40. The molecule has 9 heteroatoms. The fourth-order valence-electron chi connectivity index (χ4n) is 3.62. The van der Waals surface area contributed by atoms with E-state index in [0.29, 0.717) is 42.6 Å². The van der Waals surface area contributed by atoms with Crippen LogP contribution in [0.15, 0.2) is 75.0 Å². The molecule has 1 aliphatic heterocycles. The fraction of sp³-hybridized carbons (Fsp3) is 0.214. The van der Waals surface area contributed by atoms with Crippen molar-refractivity contribution in [3.8, 4) is 11.5 Å². The first-order chi connectivity index (χ1) is 17.7. The number of carbonyl (C=O) groups excluding carboxylic acids is 1. The van der Waals surface area contributed by atoms with Crippen molar-refractivity contribution >= 4 is 73.7 Å². The van der Waals surface area contributed by atoms with E-state index in [1.165, 1.54) is 11.8 Å². The van der Waals surface area contributed by atoms with E-state index in [-0.39, 0.29) is 18.4 Å². The number of hydrogen-bond acceptors (Lipinski definition) is 5. The summed E-state index contributed by atoms with van der Waals surface area (Å²) < 4.78 is 12.3. The molecular weight excluding hydrogens is 595 g/mol. The molecule has 3 aromatic rings. The molecule has 37 heavy (non-hydrogen) atoms. The molecule has 3 aromatic carbocycles. The molecule has 1 amide bonds. The summed E-state index contributed by atoms with van der Waals surface area (Å²) in [7, 11) is 1.58. The zero-order chi connectivity index (χ0) is 26.5. The molecule has 0 radical (unpaired) electrons. The number of rotatable bonds is 8. The van der Waals surface area contributed by atoms with Crippen molar-refractivity contribution in [1.29, 1.82) is 0 Å². The number of ether oxygens (including phenoxy) is 2. The molecule has 0 aromatic heterocycles. The van der Waals surface area contributed by atoms with Crippen molar-refractivity contribution in [2.75, 3.05) is 13.7 Å². The Bertz CT molecular complexity index is 1360. The quantitative estimate of drug-likeness (QED) is 0.237. The molecule has 0 N–H and O–H groups in total. The monoisotopic (exact) mass is 618 g/mol. The number of halogens is 3. The first kappa shape index (κ1) is 27.6. The summed E-state index contributed by atoms with van der Waals surface area (Å²) in [5, 5.41) is 1.91. The van der Waals surface area contributed by atoms with Gasteiger partial charge in [-0.15, -0.1) is 0 Å². The number of carbonyl (C=O) groups is 1. The van der Waals surface area contributed by atoms with E-state index in [1.54, 1.807) is 24.1 Å². The molecule has 1 fully saturated rings. The molecule has 4 rings (SSSR count). The summed E-state index contributed by atoms with van der Waals surface area (Å²) in [5.41, 5.74) is 2.40. The van der Waals surface area contributed by atoms with Crippen LogP contribution in [0, 0.1) is 5.92 Å². The van der Waals surface area contributed by atoms with Gasteiger partial charge in [-0.05, 0) is 87.7 Å². The smallest absolute Gasteiger partial charge is 0.266 e. The molecule has 0 saturated carbocycles. The van der Waals surface area contributed by atoms with Crippen LogP contribution in [0.25, 0.3) is 6.08 Å². The third kappa shape index (κ3) is 6.90. The van der Waals surface area contributed by atoms with E-state index in [0.717, 1.165) is 16.8 Å². The second-order valence-corrected chi connectivity index (χ2v) is 11.4. The van der Waals surface area contributed by atoms with Gasteiger partial charge in [-0.25, -0.2) is 4.99 Å². The summed E-state index contributed by atoms with van der Waals surface area (Å²) in [6.07, 6.45) is 1.84. The first-order valence-electron chi connectivity index (χ1n) is 11.5. The summed E-state index contributed by atoms with van der Waals surface area (Å²) in [6, 6.07) is 18.5. The average Bonchev–Trinajstić information content (AvgIpc) is 3.13. The maximum Gasteiger partial charge on any atom is 0.266 e. The highest BCUT2D eigenvalue weighted by atomic mass is 79.9. The molecule has 0 aliphatic carbocycles. The largest absolute Gasteiger partial charge is 0.493 e. The lowest BCUT2D eigenvalue weighted by Gasteiger charge is -2.17. The minimum absolute atomic E-state index is 0.0828. The number of benzene rings is 3. The van der Waals surface area contributed by atoms with Crippen LogP contribution in [-0.2, 0) is 11.4 Å². The van der Waals surface area contributed by atoms with Crippen molar-refractivity contribution < 1.29 is 14.3 Å². The summed E-state index contributed by atoms with van der Waals surface area (Å²) in [5.74, 6) is 1.29. The van der Waals surface area contributed by atoms with E-state index in [1.807, 2.05) is 54.6 Å². The Kier molecular flexibility index (Phi) is 9.24. The second-order valence-electron chi connectivity index (χ2n) is 8.71. The Morgan fingerprint density at radius 2 is 1.84 bits per heavy atom. The Hall–Kier alpha value is -2.45. The Labute approximate surface area is 239 Å². The van der Waals surface area contributed by atoms with Gasteiger partial charge in [0.25, 0.3) is 5.91 Å². The van der Waals surface area contributed by atoms with Crippen LogP contribution in [0.4, 0.5) is 5.69 Å². The molecule has 0 unspecified atom stereocenters. The van der Waals surface area contributed by atoms with E-state index >= 15 is 0 Å². The predicted octanol–water partition coefficient (Wildman–Crippen LogP) is 8.60. The first-order valence-corrected chi connectivity index (χ1v) is 13.9. The number of nitrogens with zero attached hydrogens (tertiary/aromatic N) is 2. The molecular formula is C28H25BrCl2N2O3S. The van der Waals surface area contributed by atoms with Crippen molar-refractivity contribution in [3.63, 3.8) is 0 Å². The zero-order valence-corrected chi connectivity index (χ0v) is 24.4. The van der Waals surface area contributed by atoms with Gasteiger partial charge in [0.1, 0.15) is 6.61 Å². The van der Waals surface area contributed by atoms with Crippen molar-refractivity contribution in [3.05, 3.63) is 91.2 Å². The van der Waals surface area contributed by atoms with Gasteiger partial charge in [0, 0.05) is 22.2 Å². The molecule has 1 heterocycles. The second kappa shape index (κ2) is 12.4. The van der Waals surface area contributed by atoms with E-state index in [4.69, 9.17) is 37.7 Å². The van der Waals surface area contributed by atoms with Gasteiger partial charge in [-0.3, -0.25) is 9.69 Å². The maximum atomic E-state index is 13.4. The molecule has 5 nitrogen and oxygen atoms in total. The topological polar surface area (TPSA) is 51.1 Å². The van der Waals surface area contributed by atoms with Crippen LogP contribution in [0.5, 0.6) is 11.5 Å². The van der Waals surface area contributed by atoms with Crippen LogP contribution in [0.3, 0.4) is 0 Å². The molecule has 1 saturated heterocycles. The lowest BCUT2D eigenvalue weighted by atomic mass is 10.1. The number of thioether (sulfide) groups is 1. The highest BCUT2D eigenvalue weighted by molar-refractivity contribution is 9.10. The van der Waals surface area contributed by atoms with Gasteiger partial charge < -0.3 is 9.47 Å². The lowest BCUT2D eigenvalue weighted by Crippen LogP contribution is -2.32. The minimum Gasteiger partial charge on any atom is -0.493 e. The minimum atomic E-state index is -0.0828. The number of amides is 1. The number of methoxy groups -OCH3 is 1. The standard InChI is InChI=1S/C28H25BrCl2N2O3S/c1-17(2)15-33-27(34)25(37-28(33)32-21-10-8-20(30)9-11-21)14-18-12-22(29)26(24(13-18)35-3)36-16-19-6-4-5-7-23(19)31/h4-14,17H,15-16H2,1-3H3/b25-14-,32-28?. The van der Waals surface area contributed by atoms with Gasteiger partial charge in [-0.1, -0.05) is 55.2 Å². The highest BCUT2D eigenvalue weighted by Gasteiger charge is 2.34. The molecule has 0 bridgehead atoms. The average molecular weight is 620 g/mol. The van der Waals surface area contributed by atoms with Crippen LogP contribution >= 0.6 is 50.9 Å². The SMILES string of the molecule is COc1cc(/C=C2\SC(=Nc3ccc(Cl)cc3)N(CC(C)C)C2=O)cc(Br)c1OCc1ccccc1Cl. The van der Waals surface area contributed by atoms with Gasteiger partial charge in [-0.2, -0.15) is 0 Å². The summed E-state index contributed by atoms with van der Waals surface area (Å²) in [6.45, 7) is 5.00. The van der Waals surface area contributed by atoms with E-state index in [9.17, 15) is 4.79 Å². The Balaban J connectivity index is 1.62. The van der Waals surface area contributed by atoms with E-state index in [2.05, 4.69) is 29.8 Å². The van der Waals surface area contributed by atoms with Crippen molar-refractivity contribution in [2.45, 2.75) is 20.5 Å². The van der Waals surface area contributed by atoms with Crippen LogP contribution in [0.1, 0.15) is 25.0 Å². The fourth-order valence-corrected chi connectivity index (χ4v) is 5.52. The number of aliphatic imine (C=N–C) groups is 1. The van der Waals surface area contributed by atoms with Crippen molar-refractivity contribution in [2.24, 2.45) is 10.9 Å². The lowest BCUT2D eigenvalue weighted by molar-refractivity contribution is -0.122. The summed E-state index contributed by atoms with van der Waals surface area (Å²) in [4.78, 5) is 20.4. The van der Waals surface area contributed by atoms with Gasteiger partial charge in [0.05, 0.1) is 22.2 Å². The van der Waals surface area contributed by atoms with Crippen molar-refractivity contribution in [1.82, 2.24) is 4.90 Å². The molecule has 192 valence electrons. The molecule has 0 atom stereocenters. The molecule has 0 spiro atoms. The van der Waals surface area contributed by atoms with Gasteiger partial charge in [0.2, 0.25) is 0 Å². The Morgan fingerprint density at radius 1 is 1.11 bits per heavy atom. The number of amidine groups is 1. The van der Waals surface area contributed by atoms with Crippen LogP contribution < -0.4 is 9.47 Å². The van der Waals surface area contributed by atoms with Gasteiger partial charge >= 0.3 is 0 Å². The molecule has 1 aliphatic rings. The zero-order valence-electron chi connectivity index (χ0n) is 20.5. The maximum absolute atomic E-state index is 13.4. The van der Waals surface area contributed by atoms with Crippen LogP contribution in [0.2, 0.25) is 10.0 Å².